The summed E-state index contributed by atoms with van der Waals surface area (Å²) in [6, 6.07) is 17.2. The number of hydrogen-bond donors (Lipinski definition) is 2. The molecule has 0 saturated heterocycles. The highest BCUT2D eigenvalue weighted by molar-refractivity contribution is 5.78. The molecule has 2 N–H and O–H groups in total. The number of para-hydroxylation sites is 1. The first-order chi connectivity index (χ1) is 11.3. The Hall–Kier alpha value is -2.29. The van der Waals surface area contributed by atoms with Crippen molar-refractivity contribution in [2.24, 2.45) is 0 Å². The molecule has 0 fully saturated rings. The summed E-state index contributed by atoms with van der Waals surface area (Å²) in [6.45, 7) is 0.861. The third kappa shape index (κ3) is 2.96. The van der Waals surface area contributed by atoms with Crippen molar-refractivity contribution in [1.29, 1.82) is 0 Å². The fraction of sp³-hybridized carbons (Fsp3) is 0.350. The van der Waals surface area contributed by atoms with Crippen molar-refractivity contribution >= 4 is 11.6 Å². The topological polar surface area (TPSA) is 41.1 Å². The first kappa shape index (κ1) is 14.3. The predicted octanol–water partition coefficient (Wildman–Crippen LogP) is 3.26. The normalized spacial score (nSPS) is 21.9. The summed E-state index contributed by atoms with van der Waals surface area (Å²) < 4.78 is 0. The molecule has 1 aliphatic carbocycles. The molecule has 3 nitrogen and oxygen atoms in total. The van der Waals surface area contributed by atoms with Gasteiger partial charge in [-0.15, -0.1) is 0 Å². The van der Waals surface area contributed by atoms with Crippen molar-refractivity contribution in [3.63, 3.8) is 0 Å². The van der Waals surface area contributed by atoms with Gasteiger partial charge < -0.3 is 10.6 Å². The summed E-state index contributed by atoms with van der Waals surface area (Å²) in [5, 5.41) is 6.64. The van der Waals surface area contributed by atoms with E-state index in [1.165, 1.54) is 22.4 Å². The number of benzene rings is 2. The zero-order chi connectivity index (χ0) is 15.6. The molecule has 1 amide bonds. The van der Waals surface area contributed by atoms with Gasteiger partial charge in [0.2, 0.25) is 5.91 Å². The molecular weight excluding hydrogens is 284 g/mol. The maximum absolute atomic E-state index is 12.5. The second-order valence-corrected chi connectivity index (χ2v) is 6.65. The van der Waals surface area contributed by atoms with Crippen molar-refractivity contribution in [3.05, 3.63) is 65.2 Å². The Morgan fingerprint density at radius 2 is 1.87 bits per heavy atom. The lowest BCUT2D eigenvalue weighted by molar-refractivity contribution is -0.122. The van der Waals surface area contributed by atoms with Crippen molar-refractivity contribution in [2.75, 3.05) is 11.9 Å². The molecule has 23 heavy (non-hydrogen) atoms. The molecule has 3 heteroatoms. The van der Waals surface area contributed by atoms with Crippen LogP contribution in [0.15, 0.2) is 48.5 Å². The highest BCUT2D eigenvalue weighted by Crippen LogP contribution is 2.33. The van der Waals surface area contributed by atoms with E-state index in [1.54, 1.807) is 0 Å². The van der Waals surface area contributed by atoms with E-state index in [0.717, 1.165) is 25.8 Å². The van der Waals surface area contributed by atoms with Gasteiger partial charge in [0.1, 0.15) is 0 Å². The number of rotatable bonds is 3. The first-order valence-electron chi connectivity index (χ1n) is 8.48. The predicted molar refractivity (Wildman–Crippen MR) is 92.7 cm³/mol. The summed E-state index contributed by atoms with van der Waals surface area (Å²) in [7, 11) is 0. The van der Waals surface area contributed by atoms with E-state index in [9.17, 15) is 4.79 Å². The molecule has 0 saturated carbocycles. The number of hydrogen-bond acceptors (Lipinski definition) is 2. The van der Waals surface area contributed by atoms with Crippen molar-refractivity contribution < 1.29 is 4.79 Å². The van der Waals surface area contributed by atoms with Gasteiger partial charge in [-0.1, -0.05) is 42.5 Å². The lowest BCUT2D eigenvalue weighted by Gasteiger charge is -2.26. The van der Waals surface area contributed by atoms with Gasteiger partial charge in [0, 0.05) is 30.6 Å². The zero-order valence-electron chi connectivity index (χ0n) is 13.2. The van der Waals surface area contributed by atoms with E-state index >= 15 is 0 Å². The van der Waals surface area contributed by atoms with Gasteiger partial charge in [-0.25, -0.2) is 0 Å². The SMILES string of the molecule is O=C(CC1CNc2ccccc21)NC1CCc2ccccc2C1. The summed E-state index contributed by atoms with van der Waals surface area (Å²) in [6.07, 6.45) is 3.64. The van der Waals surface area contributed by atoms with Crippen LogP contribution in [0.2, 0.25) is 0 Å². The van der Waals surface area contributed by atoms with Crippen LogP contribution in [0.1, 0.15) is 35.4 Å². The van der Waals surface area contributed by atoms with Gasteiger partial charge in [0.15, 0.2) is 0 Å². The van der Waals surface area contributed by atoms with Crippen molar-refractivity contribution in [3.8, 4) is 0 Å². The molecule has 2 aromatic rings. The average molecular weight is 306 g/mol. The Bertz CT molecular complexity index is 725. The molecule has 1 aliphatic heterocycles. The lowest BCUT2D eigenvalue weighted by atomic mass is 9.88. The minimum Gasteiger partial charge on any atom is -0.384 e. The minimum atomic E-state index is 0.179. The van der Waals surface area contributed by atoms with Gasteiger partial charge in [-0.3, -0.25) is 4.79 Å². The molecule has 2 atom stereocenters. The van der Waals surface area contributed by atoms with Crippen LogP contribution in [-0.2, 0) is 17.6 Å². The third-order valence-corrected chi connectivity index (χ3v) is 5.08. The monoisotopic (exact) mass is 306 g/mol. The molecule has 0 spiro atoms. The molecule has 118 valence electrons. The maximum atomic E-state index is 12.5. The van der Waals surface area contributed by atoms with Gasteiger partial charge >= 0.3 is 0 Å². The summed E-state index contributed by atoms with van der Waals surface area (Å²) in [5.74, 6) is 0.472. The number of fused-ring (bicyclic) bond motifs is 2. The number of anilines is 1. The molecule has 4 rings (SSSR count). The van der Waals surface area contributed by atoms with Crippen LogP contribution in [-0.4, -0.2) is 18.5 Å². The van der Waals surface area contributed by atoms with E-state index in [4.69, 9.17) is 0 Å². The standard InChI is InChI=1S/C20H22N2O/c23-20(12-16-13-21-19-8-4-3-7-18(16)19)22-17-10-9-14-5-1-2-6-15(14)11-17/h1-8,16-17,21H,9-13H2,(H,22,23). The Kier molecular flexibility index (Phi) is 3.78. The molecule has 0 radical (unpaired) electrons. The van der Waals surface area contributed by atoms with Crippen LogP contribution in [0.4, 0.5) is 5.69 Å². The van der Waals surface area contributed by atoms with Gasteiger partial charge in [0.25, 0.3) is 0 Å². The van der Waals surface area contributed by atoms with E-state index in [1.807, 2.05) is 6.07 Å². The van der Waals surface area contributed by atoms with E-state index in [0.29, 0.717) is 12.3 Å². The number of carbonyl (C=O) groups excluding carboxylic acids is 1. The van der Waals surface area contributed by atoms with Gasteiger partial charge in [-0.05, 0) is 42.0 Å². The van der Waals surface area contributed by atoms with Gasteiger partial charge in [0.05, 0.1) is 0 Å². The molecule has 2 unspecified atom stereocenters. The quantitative estimate of drug-likeness (QED) is 0.914. The van der Waals surface area contributed by atoms with Crippen LogP contribution >= 0.6 is 0 Å². The zero-order valence-corrected chi connectivity index (χ0v) is 13.2. The van der Waals surface area contributed by atoms with Crippen LogP contribution in [0, 0.1) is 0 Å². The minimum absolute atomic E-state index is 0.179. The lowest BCUT2D eigenvalue weighted by Crippen LogP contribution is -2.39. The molecule has 2 aliphatic rings. The van der Waals surface area contributed by atoms with Crippen LogP contribution < -0.4 is 10.6 Å². The molecule has 2 aromatic carbocycles. The largest absolute Gasteiger partial charge is 0.384 e. The molecule has 0 aromatic heterocycles. The third-order valence-electron chi connectivity index (χ3n) is 5.08. The van der Waals surface area contributed by atoms with Crippen molar-refractivity contribution in [1.82, 2.24) is 5.32 Å². The van der Waals surface area contributed by atoms with E-state index in [-0.39, 0.29) is 11.9 Å². The van der Waals surface area contributed by atoms with Gasteiger partial charge in [-0.2, -0.15) is 0 Å². The van der Waals surface area contributed by atoms with E-state index in [2.05, 4.69) is 53.1 Å². The van der Waals surface area contributed by atoms with Crippen LogP contribution in [0.3, 0.4) is 0 Å². The first-order valence-corrected chi connectivity index (χ1v) is 8.48. The smallest absolute Gasteiger partial charge is 0.220 e. The Morgan fingerprint density at radius 3 is 2.78 bits per heavy atom. The Morgan fingerprint density at radius 1 is 1.09 bits per heavy atom. The summed E-state index contributed by atoms with van der Waals surface area (Å²) in [5.41, 5.74) is 5.28. The highest BCUT2D eigenvalue weighted by Gasteiger charge is 2.26. The van der Waals surface area contributed by atoms with Crippen molar-refractivity contribution in [2.45, 2.75) is 37.6 Å². The fourth-order valence-corrected chi connectivity index (χ4v) is 3.87. The fourth-order valence-electron chi connectivity index (χ4n) is 3.87. The number of nitrogens with one attached hydrogen (secondary N) is 2. The highest BCUT2D eigenvalue weighted by atomic mass is 16.1. The molecular formula is C20H22N2O. The van der Waals surface area contributed by atoms with E-state index < -0.39 is 0 Å². The maximum Gasteiger partial charge on any atom is 0.220 e. The number of amides is 1. The second-order valence-electron chi connectivity index (χ2n) is 6.65. The molecule has 0 bridgehead atoms. The second kappa shape index (κ2) is 6.07. The number of aryl methyl sites for hydroxylation is 1. The summed E-state index contributed by atoms with van der Waals surface area (Å²) in [4.78, 5) is 12.5. The average Bonchev–Trinajstić information content (AvgIpc) is 2.98. The van der Waals surface area contributed by atoms with Crippen LogP contribution in [0.5, 0.6) is 0 Å². The Labute approximate surface area is 137 Å². The molecule has 1 heterocycles. The van der Waals surface area contributed by atoms with Crippen LogP contribution in [0.25, 0.3) is 0 Å². The number of carbonyl (C=O) groups is 1. The summed E-state index contributed by atoms with van der Waals surface area (Å²) >= 11 is 0. The Balaban J connectivity index is 1.37.